The molecule has 0 aliphatic heterocycles. The first kappa shape index (κ1) is 64.2. The van der Waals surface area contributed by atoms with Gasteiger partial charge in [-0.3, -0.25) is 13.8 Å². The molecule has 0 aromatic carbocycles. The number of rotatable bonds is 52. The van der Waals surface area contributed by atoms with Crippen LogP contribution in [0.4, 0.5) is 0 Å². The summed E-state index contributed by atoms with van der Waals surface area (Å²) in [4.78, 5) is 22.7. The standard InChI is InChI=1S/C56H103O9P/c1-3-5-7-9-11-13-15-17-19-21-23-25-26-27-29-31-33-35-37-39-41-43-45-47-49-62-52-55(53-64-66(60,61)63-51-54(58)50-57)65-56(59)48-46-44-42-40-38-36-34-32-30-28-24-22-20-18-16-14-12-10-8-6-4-2/h15-18,21-24,26-27,54-55,57-58H,3-14,19-20,25,28-53H2,1-2H3,(H,60,61)/b17-15-,18-16-,23-21-,24-22-,27-26-. The Morgan fingerprint density at radius 3 is 1.23 bits per heavy atom. The molecule has 0 bridgehead atoms. The fourth-order valence-corrected chi connectivity index (χ4v) is 8.30. The number of unbranched alkanes of at least 4 members (excludes halogenated alkanes) is 28. The minimum Gasteiger partial charge on any atom is -0.457 e. The van der Waals surface area contributed by atoms with Gasteiger partial charge < -0.3 is 24.6 Å². The van der Waals surface area contributed by atoms with Gasteiger partial charge in [0.25, 0.3) is 0 Å². The van der Waals surface area contributed by atoms with E-state index < -0.39 is 33.2 Å². The summed E-state index contributed by atoms with van der Waals surface area (Å²) in [6.07, 6.45) is 63.3. The molecule has 0 spiro atoms. The van der Waals surface area contributed by atoms with E-state index in [1.807, 2.05) is 0 Å². The molecular formula is C56H103O9P. The maximum atomic E-state index is 12.7. The topological polar surface area (TPSA) is 132 Å². The molecule has 0 aromatic rings. The van der Waals surface area contributed by atoms with Gasteiger partial charge in [-0.25, -0.2) is 4.57 Å². The third-order valence-corrected chi connectivity index (χ3v) is 12.6. The van der Waals surface area contributed by atoms with Gasteiger partial charge in [-0.15, -0.1) is 0 Å². The second-order valence-corrected chi connectivity index (χ2v) is 19.7. The third kappa shape index (κ3) is 51.5. The second-order valence-electron chi connectivity index (χ2n) is 18.2. The monoisotopic (exact) mass is 951 g/mol. The van der Waals surface area contributed by atoms with Gasteiger partial charge in [-0.2, -0.15) is 0 Å². The quantitative estimate of drug-likeness (QED) is 0.0236. The van der Waals surface area contributed by atoms with Gasteiger partial charge in [-0.1, -0.05) is 216 Å². The summed E-state index contributed by atoms with van der Waals surface area (Å²) in [5.74, 6) is -0.388. The highest BCUT2D eigenvalue weighted by Gasteiger charge is 2.26. The summed E-state index contributed by atoms with van der Waals surface area (Å²) in [6, 6.07) is 0. The highest BCUT2D eigenvalue weighted by atomic mass is 31.2. The number of hydrogen-bond acceptors (Lipinski definition) is 8. The summed E-state index contributed by atoms with van der Waals surface area (Å²) in [7, 11) is -4.53. The molecule has 0 heterocycles. The number of ether oxygens (including phenoxy) is 2. The Balaban J connectivity index is 4.07. The number of hydrogen-bond donors (Lipinski definition) is 3. The summed E-state index contributed by atoms with van der Waals surface area (Å²) in [6.45, 7) is 3.51. The van der Waals surface area contributed by atoms with Crippen molar-refractivity contribution in [1.29, 1.82) is 0 Å². The van der Waals surface area contributed by atoms with E-state index in [0.717, 1.165) is 70.6 Å². The lowest BCUT2D eigenvalue weighted by Crippen LogP contribution is -2.29. The molecular weight excluding hydrogens is 848 g/mol. The maximum absolute atomic E-state index is 12.7. The Hall–Kier alpha value is -1.84. The van der Waals surface area contributed by atoms with Gasteiger partial charge >= 0.3 is 13.8 Å². The number of carbonyl (C=O) groups is 1. The van der Waals surface area contributed by atoms with E-state index in [-0.39, 0.29) is 25.6 Å². The maximum Gasteiger partial charge on any atom is 0.472 e. The van der Waals surface area contributed by atoms with Crippen LogP contribution in [0.3, 0.4) is 0 Å². The third-order valence-electron chi connectivity index (χ3n) is 11.7. The summed E-state index contributed by atoms with van der Waals surface area (Å²) in [5, 5.41) is 18.4. The number of aliphatic hydroxyl groups is 2. The van der Waals surface area contributed by atoms with Crippen molar-refractivity contribution in [2.24, 2.45) is 0 Å². The van der Waals surface area contributed by atoms with Gasteiger partial charge in [0.05, 0.1) is 26.4 Å². The minimum atomic E-state index is -4.53. The van der Waals surface area contributed by atoms with E-state index in [4.69, 9.17) is 23.6 Å². The van der Waals surface area contributed by atoms with E-state index in [1.165, 1.54) is 154 Å². The van der Waals surface area contributed by atoms with Crippen LogP contribution in [0.5, 0.6) is 0 Å². The Labute approximate surface area is 406 Å². The average Bonchev–Trinajstić information content (AvgIpc) is 3.31. The minimum absolute atomic E-state index is 0.0424. The lowest BCUT2D eigenvalue weighted by molar-refractivity contribution is -0.154. The molecule has 0 aromatic heterocycles. The van der Waals surface area contributed by atoms with E-state index in [2.05, 4.69) is 74.6 Å². The molecule has 3 atom stereocenters. The summed E-state index contributed by atoms with van der Waals surface area (Å²) < 4.78 is 33.6. The van der Waals surface area contributed by atoms with Crippen LogP contribution >= 0.6 is 7.82 Å². The van der Waals surface area contributed by atoms with E-state index in [1.54, 1.807) is 0 Å². The Bertz CT molecular complexity index is 1220. The van der Waals surface area contributed by atoms with Gasteiger partial charge in [-0.05, 0) is 83.5 Å². The zero-order chi connectivity index (χ0) is 48.1. The van der Waals surface area contributed by atoms with Crippen LogP contribution in [-0.2, 0) is 27.9 Å². The lowest BCUT2D eigenvalue weighted by Gasteiger charge is -2.20. The van der Waals surface area contributed by atoms with Crippen molar-refractivity contribution in [3.63, 3.8) is 0 Å². The normalized spacial score (nSPS) is 14.2. The molecule has 3 N–H and O–H groups in total. The molecule has 0 fully saturated rings. The van der Waals surface area contributed by atoms with Crippen LogP contribution in [0, 0.1) is 0 Å². The number of phosphoric ester groups is 1. The molecule has 9 nitrogen and oxygen atoms in total. The van der Waals surface area contributed by atoms with E-state index in [0.29, 0.717) is 6.61 Å². The van der Waals surface area contributed by atoms with Gasteiger partial charge in [0.1, 0.15) is 12.2 Å². The predicted molar refractivity (Wildman–Crippen MR) is 279 cm³/mol. The molecule has 0 saturated heterocycles. The predicted octanol–water partition coefficient (Wildman–Crippen LogP) is 16.3. The molecule has 0 radical (unpaired) electrons. The van der Waals surface area contributed by atoms with Crippen LogP contribution in [0.25, 0.3) is 0 Å². The number of carbonyl (C=O) groups excluding carboxylic acids is 1. The second kappa shape index (κ2) is 52.5. The van der Waals surface area contributed by atoms with Crippen molar-refractivity contribution in [2.75, 3.05) is 33.0 Å². The van der Waals surface area contributed by atoms with Crippen LogP contribution in [-0.4, -0.2) is 66.3 Å². The van der Waals surface area contributed by atoms with Crippen LogP contribution < -0.4 is 0 Å². The Morgan fingerprint density at radius 2 is 0.818 bits per heavy atom. The van der Waals surface area contributed by atoms with Crippen LogP contribution in [0.1, 0.15) is 245 Å². The first-order chi connectivity index (χ1) is 32.3. The molecule has 0 aliphatic rings. The first-order valence-electron chi connectivity index (χ1n) is 27.3. The molecule has 3 unspecified atom stereocenters. The fraction of sp³-hybridized carbons (Fsp3) is 0.804. The van der Waals surface area contributed by atoms with Gasteiger partial charge in [0, 0.05) is 13.0 Å². The van der Waals surface area contributed by atoms with Crippen molar-refractivity contribution < 1.29 is 43.0 Å². The molecule has 0 saturated carbocycles. The zero-order valence-corrected chi connectivity index (χ0v) is 43.6. The van der Waals surface area contributed by atoms with Gasteiger partial charge in [0.15, 0.2) is 0 Å². The smallest absolute Gasteiger partial charge is 0.457 e. The number of phosphoric acid groups is 1. The lowest BCUT2D eigenvalue weighted by atomic mass is 10.1. The van der Waals surface area contributed by atoms with Crippen molar-refractivity contribution in [3.05, 3.63) is 60.8 Å². The van der Waals surface area contributed by atoms with E-state index >= 15 is 0 Å². The Kier molecular flexibility index (Phi) is 51.1. The summed E-state index contributed by atoms with van der Waals surface area (Å²) in [5.41, 5.74) is 0. The number of aliphatic hydroxyl groups excluding tert-OH is 2. The van der Waals surface area contributed by atoms with Gasteiger partial charge in [0.2, 0.25) is 0 Å². The highest BCUT2D eigenvalue weighted by molar-refractivity contribution is 7.47. The van der Waals surface area contributed by atoms with E-state index in [9.17, 15) is 19.4 Å². The van der Waals surface area contributed by atoms with Crippen molar-refractivity contribution in [3.8, 4) is 0 Å². The highest BCUT2D eigenvalue weighted by Crippen LogP contribution is 2.43. The number of allylic oxidation sites excluding steroid dienone is 10. The zero-order valence-electron chi connectivity index (χ0n) is 42.7. The first-order valence-corrected chi connectivity index (χ1v) is 28.8. The van der Waals surface area contributed by atoms with Crippen molar-refractivity contribution in [2.45, 2.75) is 257 Å². The van der Waals surface area contributed by atoms with Crippen molar-refractivity contribution >= 4 is 13.8 Å². The van der Waals surface area contributed by atoms with Crippen LogP contribution in [0.15, 0.2) is 60.8 Å². The molecule has 10 heteroatoms. The molecule has 0 amide bonds. The molecule has 0 aliphatic carbocycles. The average molecular weight is 951 g/mol. The molecule has 386 valence electrons. The largest absolute Gasteiger partial charge is 0.472 e. The van der Waals surface area contributed by atoms with Crippen LogP contribution in [0.2, 0.25) is 0 Å². The Morgan fingerprint density at radius 1 is 0.470 bits per heavy atom. The number of esters is 1. The fourth-order valence-electron chi connectivity index (χ4n) is 7.51. The SMILES string of the molecule is CCCCCCC/C=C\C/C=C\C/C=C\CCCCCCCCCCCOCC(COP(=O)(O)OCC(O)CO)OC(=O)CCCCCCCCCCC/C=C\C/C=C\CCCCCCC. The summed E-state index contributed by atoms with van der Waals surface area (Å²) >= 11 is 0. The molecule has 66 heavy (non-hydrogen) atoms. The molecule has 0 rings (SSSR count). The van der Waals surface area contributed by atoms with Crippen molar-refractivity contribution in [1.82, 2.24) is 0 Å².